The summed E-state index contributed by atoms with van der Waals surface area (Å²) >= 11 is 0. The van der Waals surface area contributed by atoms with E-state index in [0.717, 1.165) is 45.2 Å². The Labute approximate surface area is 215 Å². The first-order chi connectivity index (χ1) is 15.5. The standard InChI is InChI=1S/C24H38N6O2.HI/c1-6-25-24(26-16-22-27-23(28-32-22)19(5)31-7-2)30-14-12-29(13-15-30)17-20-8-10-21(11-9-20)18(3)4;/h8-11,18-19H,6-7,12-17H2,1-5H3,(H,25,26);1H. The minimum Gasteiger partial charge on any atom is -0.371 e. The molecule has 3 rings (SSSR count). The summed E-state index contributed by atoms with van der Waals surface area (Å²) in [5.41, 5.74) is 2.77. The maximum atomic E-state index is 5.52. The van der Waals surface area contributed by atoms with E-state index in [-0.39, 0.29) is 30.1 Å². The van der Waals surface area contributed by atoms with E-state index >= 15 is 0 Å². The predicted molar refractivity (Wildman–Crippen MR) is 142 cm³/mol. The van der Waals surface area contributed by atoms with Gasteiger partial charge in [-0.1, -0.05) is 43.3 Å². The maximum absolute atomic E-state index is 5.52. The fourth-order valence-electron chi connectivity index (χ4n) is 3.77. The van der Waals surface area contributed by atoms with Crippen molar-refractivity contribution in [2.75, 3.05) is 39.3 Å². The second-order valence-corrected chi connectivity index (χ2v) is 8.47. The van der Waals surface area contributed by atoms with Crippen LogP contribution in [0.1, 0.15) is 69.5 Å². The van der Waals surface area contributed by atoms with Gasteiger partial charge in [-0.05, 0) is 37.8 Å². The minimum absolute atomic E-state index is 0. The summed E-state index contributed by atoms with van der Waals surface area (Å²) in [5.74, 6) is 2.54. The molecule has 0 amide bonds. The monoisotopic (exact) mass is 570 g/mol. The van der Waals surface area contributed by atoms with Crippen LogP contribution in [-0.4, -0.2) is 65.2 Å². The Morgan fingerprint density at radius 1 is 1.12 bits per heavy atom. The fourth-order valence-corrected chi connectivity index (χ4v) is 3.77. The zero-order chi connectivity index (χ0) is 22.9. The van der Waals surface area contributed by atoms with E-state index in [1.165, 1.54) is 11.1 Å². The number of guanidine groups is 1. The van der Waals surface area contributed by atoms with Gasteiger partial charge in [0.1, 0.15) is 12.6 Å². The average molecular weight is 571 g/mol. The second kappa shape index (κ2) is 13.9. The van der Waals surface area contributed by atoms with Crippen molar-refractivity contribution in [1.82, 2.24) is 25.3 Å². The van der Waals surface area contributed by atoms with Gasteiger partial charge in [0.15, 0.2) is 11.8 Å². The number of hydrogen-bond acceptors (Lipinski definition) is 6. The van der Waals surface area contributed by atoms with Gasteiger partial charge in [-0.15, -0.1) is 24.0 Å². The SMILES string of the molecule is CCNC(=NCc1nc(C(C)OCC)no1)N1CCN(Cc2ccc(C(C)C)cc2)CC1.I. The van der Waals surface area contributed by atoms with Gasteiger partial charge in [0.25, 0.3) is 0 Å². The number of nitrogens with one attached hydrogen (secondary N) is 1. The van der Waals surface area contributed by atoms with Crippen molar-refractivity contribution in [1.29, 1.82) is 0 Å². The molecule has 1 aromatic heterocycles. The van der Waals surface area contributed by atoms with E-state index in [2.05, 4.69) is 70.3 Å². The lowest BCUT2D eigenvalue weighted by molar-refractivity contribution is 0.0683. The van der Waals surface area contributed by atoms with E-state index in [4.69, 9.17) is 14.3 Å². The number of piperazine rings is 1. The van der Waals surface area contributed by atoms with Crippen LogP contribution in [0.4, 0.5) is 0 Å². The van der Waals surface area contributed by atoms with E-state index in [1.807, 2.05) is 13.8 Å². The number of ether oxygens (including phenoxy) is 1. The van der Waals surface area contributed by atoms with Crippen molar-refractivity contribution >= 4 is 29.9 Å². The molecule has 0 aliphatic carbocycles. The molecule has 0 saturated carbocycles. The van der Waals surface area contributed by atoms with Crippen molar-refractivity contribution in [3.8, 4) is 0 Å². The molecule has 1 saturated heterocycles. The largest absolute Gasteiger partial charge is 0.371 e. The third kappa shape index (κ3) is 8.22. The second-order valence-electron chi connectivity index (χ2n) is 8.47. The number of hydrogen-bond donors (Lipinski definition) is 1. The van der Waals surface area contributed by atoms with Crippen molar-refractivity contribution in [2.24, 2.45) is 4.99 Å². The quantitative estimate of drug-likeness (QED) is 0.275. The lowest BCUT2D eigenvalue weighted by atomic mass is 10.0. The van der Waals surface area contributed by atoms with Crippen LogP contribution >= 0.6 is 24.0 Å². The van der Waals surface area contributed by atoms with Crippen LogP contribution in [-0.2, 0) is 17.8 Å². The zero-order valence-corrected chi connectivity index (χ0v) is 22.9. The Morgan fingerprint density at radius 2 is 1.82 bits per heavy atom. The van der Waals surface area contributed by atoms with Crippen molar-refractivity contribution in [3.63, 3.8) is 0 Å². The smallest absolute Gasteiger partial charge is 0.248 e. The van der Waals surface area contributed by atoms with Gasteiger partial charge in [-0.3, -0.25) is 4.90 Å². The van der Waals surface area contributed by atoms with E-state index in [0.29, 0.717) is 30.8 Å². The third-order valence-corrected chi connectivity index (χ3v) is 5.69. The van der Waals surface area contributed by atoms with Gasteiger partial charge in [0.2, 0.25) is 5.89 Å². The molecular weight excluding hydrogens is 531 g/mol. The first-order valence-corrected chi connectivity index (χ1v) is 11.8. The molecule has 8 nitrogen and oxygen atoms in total. The molecule has 0 radical (unpaired) electrons. The zero-order valence-electron chi connectivity index (χ0n) is 20.6. The summed E-state index contributed by atoms with van der Waals surface area (Å²) in [7, 11) is 0. The molecule has 184 valence electrons. The molecule has 2 heterocycles. The van der Waals surface area contributed by atoms with Gasteiger partial charge in [-0.25, -0.2) is 4.99 Å². The van der Waals surface area contributed by atoms with Crippen LogP contribution in [0.5, 0.6) is 0 Å². The average Bonchev–Trinajstić information content (AvgIpc) is 3.27. The molecular formula is C24H39IN6O2. The highest BCUT2D eigenvalue weighted by molar-refractivity contribution is 14.0. The Kier molecular flexibility index (Phi) is 11.6. The molecule has 1 unspecified atom stereocenters. The number of aliphatic imine (C=N–C) groups is 1. The highest BCUT2D eigenvalue weighted by atomic mass is 127. The molecule has 1 aliphatic heterocycles. The molecule has 1 aromatic carbocycles. The molecule has 1 aliphatic rings. The number of halogens is 1. The van der Waals surface area contributed by atoms with Gasteiger partial charge in [-0.2, -0.15) is 4.98 Å². The van der Waals surface area contributed by atoms with Gasteiger partial charge >= 0.3 is 0 Å². The number of aromatic nitrogens is 2. The molecule has 1 N–H and O–H groups in total. The summed E-state index contributed by atoms with van der Waals surface area (Å²) in [4.78, 5) is 14.0. The van der Waals surface area contributed by atoms with Crippen molar-refractivity contribution in [2.45, 2.75) is 59.7 Å². The van der Waals surface area contributed by atoms with Crippen molar-refractivity contribution < 1.29 is 9.26 Å². The lowest BCUT2D eigenvalue weighted by Gasteiger charge is -2.36. The molecule has 0 spiro atoms. The Balaban J connectivity index is 0.00000385. The fraction of sp³-hybridized carbons (Fsp3) is 0.625. The molecule has 9 heteroatoms. The van der Waals surface area contributed by atoms with Crippen LogP contribution in [0.25, 0.3) is 0 Å². The van der Waals surface area contributed by atoms with Gasteiger partial charge < -0.3 is 19.5 Å². The van der Waals surface area contributed by atoms with E-state index in [9.17, 15) is 0 Å². The van der Waals surface area contributed by atoms with Crippen LogP contribution in [0.3, 0.4) is 0 Å². The van der Waals surface area contributed by atoms with Crippen LogP contribution in [0.15, 0.2) is 33.8 Å². The third-order valence-electron chi connectivity index (χ3n) is 5.69. The van der Waals surface area contributed by atoms with Crippen LogP contribution in [0.2, 0.25) is 0 Å². The number of nitrogens with zero attached hydrogens (tertiary/aromatic N) is 5. The van der Waals surface area contributed by atoms with E-state index < -0.39 is 0 Å². The lowest BCUT2D eigenvalue weighted by Crippen LogP contribution is -2.52. The summed E-state index contributed by atoms with van der Waals surface area (Å²) < 4.78 is 10.9. The maximum Gasteiger partial charge on any atom is 0.248 e. The van der Waals surface area contributed by atoms with Crippen LogP contribution in [0, 0.1) is 0 Å². The summed E-state index contributed by atoms with van der Waals surface area (Å²) in [6, 6.07) is 9.03. The summed E-state index contributed by atoms with van der Waals surface area (Å²) in [6.45, 7) is 17.1. The normalized spacial score (nSPS) is 16.1. The Morgan fingerprint density at radius 3 is 2.42 bits per heavy atom. The van der Waals surface area contributed by atoms with Crippen LogP contribution < -0.4 is 5.32 Å². The molecule has 1 atom stereocenters. The first-order valence-electron chi connectivity index (χ1n) is 11.8. The van der Waals surface area contributed by atoms with Crippen molar-refractivity contribution in [3.05, 3.63) is 47.1 Å². The summed E-state index contributed by atoms with van der Waals surface area (Å²) in [6.07, 6.45) is -0.177. The first kappa shape index (κ1) is 27.5. The predicted octanol–water partition coefficient (Wildman–Crippen LogP) is 4.19. The Bertz CT molecular complexity index is 847. The number of rotatable bonds is 9. The molecule has 1 fully saturated rings. The number of benzene rings is 1. The molecule has 2 aromatic rings. The minimum atomic E-state index is -0.177. The highest BCUT2D eigenvalue weighted by Crippen LogP contribution is 2.17. The Hall–Kier alpha value is -1.72. The van der Waals surface area contributed by atoms with E-state index in [1.54, 1.807) is 0 Å². The van der Waals surface area contributed by atoms with Gasteiger partial charge in [0, 0.05) is 45.9 Å². The summed E-state index contributed by atoms with van der Waals surface area (Å²) in [5, 5.41) is 7.41. The highest BCUT2D eigenvalue weighted by Gasteiger charge is 2.20. The van der Waals surface area contributed by atoms with Gasteiger partial charge in [0.05, 0.1) is 0 Å². The molecule has 0 bridgehead atoms. The molecule has 33 heavy (non-hydrogen) atoms. The topological polar surface area (TPSA) is 79.0 Å².